The van der Waals surface area contributed by atoms with Crippen LogP contribution < -0.4 is 11.5 Å². The predicted molar refractivity (Wildman–Crippen MR) is 269 cm³/mol. The molecule has 0 aliphatic carbocycles. The van der Waals surface area contributed by atoms with Crippen molar-refractivity contribution in [1.82, 2.24) is 34.3 Å². The first kappa shape index (κ1) is 62.7. The smallest absolute Gasteiger partial charge is 0.325 e. The van der Waals surface area contributed by atoms with Crippen LogP contribution in [0.5, 0.6) is 0 Å². The number of rotatable bonds is 9. The van der Waals surface area contributed by atoms with Gasteiger partial charge in [-0.05, 0) is 129 Å². The van der Waals surface area contributed by atoms with Gasteiger partial charge in [-0.25, -0.2) is 0 Å². The highest BCUT2D eigenvalue weighted by Crippen LogP contribution is 2.40. The zero-order valence-electron chi connectivity index (χ0n) is 44.2. The van der Waals surface area contributed by atoms with Gasteiger partial charge in [0.15, 0.2) is 0 Å². The summed E-state index contributed by atoms with van der Waals surface area (Å²) in [7, 11) is -3.27. The average molecular weight is 958 g/mol. The number of aliphatic hydroxyl groups excluding tert-OH is 3. The second-order valence-corrected chi connectivity index (χ2v) is 23.2. The fourth-order valence-corrected chi connectivity index (χ4v) is 8.67. The summed E-state index contributed by atoms with van der Waals surface area (Å²) in [6.45, 7) is 44.5. The maximum atomic E-state index is 10.8. The lowest BCUT2D eigenvalue weighted by Gasteiger charge is -2.41. The maximum Gasteiger partial charge on any atom is 0.325 e. The first-order chi connectivity index (χ1) is 30.6. The molecule has 0 radical (unpaired) electrons. The number of nitrogens with zero attached hydrogens (tertiary/aromatic N) is 9. The average Bonchev–Trinajstić information content (AvgIpc) is 3.88. The summed E-state index contributed by atoms with van der Waals surface area (Å²) in [4.78, 5) is 24.8. The Labute approximate surface area is 402 Å². The number of nitriles is 2. The molecule has 0 aromatic rings. The second kappa shape index (κ2) is 31.1. The minimum atomic E-state index is -3.27. The van der Waals surface area contributed by atoms with Crippen LogP contribution in [0.3, 0.4) is 0 Å². The van der Waals surface area contributed by atoms with Crippen molar-refractivity contribution in [3.8, 4) is 12.1 Å². The van der Waals surface area contributed by atoms with E-state index in [1.807, 2.05) is 0 Å². The molecule has 0 bridgehead atoms. The van der Waals surface area contributed by atoms with Crippen LogP contribution in [-0.2, 0) is 9.09 Å². The van der Waals surface area contributed by atoms with Gasteiger partial charge in [0.2, 0.25) is 0 Å². The molecule has 388 valence electrons. The normalized spacial score (nSPS) is 27.8. The van der Waals surface area contributed by atoms with E-state index in [2.05, 4.69) is 143 Å². The van der Waals surface area contributed by atoms with Gasteiger partial charge in [-0.15, -0.1) is 0 Å². The molecule has 0 saturated carbocycles. The van der Waals surface area contributed by atoms with Crippen LogP contribution in [0.15, 0.2) is 0 Å². The maximum absolute atomic E-state index is 10.8. The van der Waals surface area contributed by atoms with Crippen molar-refractivity contribution in [2.45, 2.75) is 189 Å². The molecule has 6 atom stereocenters. The summed E-state index contributed by atoms with van der Waals surface area (Å²) in [6, 6.07) is 9.24. The number of β-amino-alcohol motifs (C(OH)–C–C–N with tert-alkyl or cyclic N) is 3. The number of likely N-dealkylation sites (tertiary alicyclic amines) is 7. The van der Waals surface area contributed by atoms with E-state index in [1.165, 1.54) is 39.1 Å². The Morgan fingerprint density at radius 1 is 0.500 bits per heavy atom. The van der Waals surface area contributed by atoms with Crippen LogP contribution in [0.1, 0.15) is 110 Å². The first-order valence-electron chi connectivity index (χ1n) is 25.1. The molecule has 0 aromatic carbocycles. The van der Waals surface area contributed by atoms with Gasteiger partial charge in [0, 0.05) is 133 Å². The fourth-order valence-electron chi connectivity index (χ4n) is 7.99. The van der Waals surface area contributed by atoms with Crippen LogP contribution in [0.25, 0.3) is 0 Å². The van der Waals surface area contributed by atoms with Crippen LogP contribution in [-0.4, -0.2) is 232 Å². The van der Waals surface area contributed by atoms with Crippen LogP contribution in [0.4, 0.5) is 0 Å². The topological polar surface area (TPSA) is 230 Å². The predicted octanol–water partition coefficient (Wildman–Crippen LogP) is 2.97. The molecule has 18 heteroatoms. The molecule has 66 heavy (non-hydrogen) atoms. The van der Waals surface area contributed by atoms with Gasteiger partial charge < -0.3 is 41.1 Å². The molecule has 0 amide bonds. The Morgan fingerprint density at radius 3 is 1.00 bits per heavy atom. The highest BCUT2D eigenvalue weighted by Gasteiger charge is 2.34. The van der Waals surface area contributed by atoms with Crippen molar-refractivity contribution in [1.29, 1.82) is 10.5 Å². The van der Waals surface area contributed by atoms with Crippen molar-refractivity contribution < 1.29 is 29.3 Å². The lowest BCUT2D eigenvalue weighted by Crippen LogP contribution is -2.57. The first-order valence-corrected chi connectivity index (χ1v) is 27.1. The van der Waals surface area contributed by atoms with Gasteiger partial charge in [0.05, 0.1) is 48.4 Å². The Kier molecular flexibility index (Phi) is 29.5. The van der Waals surface area contributed by atoms with E-state index < -0.39 is 19.8 Å². The van der Waals surface area contributed by atoms with E-state index in [4.69, 9.17) is 36.5 Å². The van der Waals surface area contributed by atoms with E-state index in [9.17, 15) is 14.8 Å². The lowest BCUT2D eigenvalue weighted by atomic mass is 10.1. The molecule has 8 N–H and O–H groups in total. The number of aliphatic hydroxyl groups is 3. The van der Waals surface area contributed by atoms with E-state index in [0.29, 0.717) is 61.4 Å². The summed E-state index contributed by atoms with van der Waals surface area (Å²) < 4.78 is 15.7. The molecule has 0 aromatic heterocycles. The van der Waals surface area contributed by atoms with Crippen molar-refractivity contribution >= 4 is 7.60 Å². The van der Waals surface area contributed by atoms with Crippen LogP contribution in [0.2, 0.25) is 0 Å². The van der Waals surface area contributed by atoms with Crippen molar-refractivity contribution in [2.24, 2.45) is 23.3 Å². The fraction of sp³-hybridized carbons (Fsp3) is 0.958. The molecule has 0 spiro atoms. The second-order valence-electron chi connectivity index (χ2n) is 21.4. The Morgan fingerprint density at radius 2 is 0.833 bits per heavy atom. The highest BCUT2D eigenvalue weighted by atomic mass is 31.2. The van der Waals surface area contributed by atoms with Crippen molar-refractivity contribution in [3.63, 3.8) is 0 Å². The number of hydrogen-bond donors (Lipinski definition) is 6. The van der Waals surface area contributed by atoms with E-state index in [1.54, 1.807) is 0 Å². The van der Waals surface area contributed by atoms with Gasteiger partial charge in [0.25, 0.3) is 0 Å². The Bertz CT molecular complexity index is 1360. The minimum absolute atomic E-state index is 0.0441. The van der Waals surface area contributed by atoms with Crippen LogP contribution >= 0.6 is 7.60 Å². The van der Waals surface area contributed by atoms with E-state index in [-0.39, 0.29) is 24.0 Å². The number of nitrogens with two attached hydrogens (primary N) is 2. The molecule has 7 aliphatic rings. The lowest BCUT2D eigenvalue weighted by molar-refractivity contribution is -0.0161. The quantitative estimate of drug-likeness (QED) is 0.183. The third kappa shape index (κ3) is 24.5. The molecule has 7 aliphatic heterocycles. The highest BCUT2D eigenvalue weighted by molar-refractivity contribution is 7.51. The molecule has 7 rings (SSSR count). The van der Waals surface area contributed by atoms with Crippen molar-refractivity contribution in [3.05, 3.63) is 0 Å². The SMILES string of the molecule is CC(C)N1CC(N)C1.CC(C)N1CC(O)C1.CC(C)N1CC(O)[C@@H](C#N)C1.CC(C)N1CC(OP(C)(=O)O)C1.CC(C)N1CCC1.CC(C)N1CC[C@H](N)C1.CC(C)N1C[C@@H](C#N)[C@@H](O)C1. The zero-order chi connectivity index (χ0) is 50.6. The largest absolute Gasteiger partial charge is 0.390 e. The summed E-state index contributed by atoms with van der Waals surface area (Å²) >= 11 is 0. The molecule has 2 unspecified atom stereocenters. The summed E-state index contributed by atoms with van der Waals surface area (Å²) in [5.41, 5.74) is 11.3. The van der Waals surface area contributed by atoms with E-state index in [0.717, 1.165) is 64.9 Å². The molecule has 7 saturated heterocycles. The van der Waals surface area contributed by atoms with Gasteiger partial charge in [-0.1, -0.05) is 0 Å². The van der Waals surface area contributed by atoms with Crippen LogP contribution in [0, 0.1) is 34.5 Å². The number of hydrogen-bond acceptors (Lipinski definition) is 16. The standard InChI is InChI=1S/2C8H14N2O.C7H16N2.C7H16NO3P.C6H14N2.C6H13NO.C6H13N/c2*1-6(2)10-4-7(3-9)8(11)5-10;1-6(2)9-4-3-7(8)5-9;1-6(2)8-4-7(5-8)11-12(3,9)10;1-5(2)8-3-6(7)4-8;1-5(2)7-3-6(8)4-7;1-6(2)7-4-3-5-7/h2*6-8,11H,4-5H2,1-2H3;6-7H,3-5,8H2,1-2H3;6-7H,4-5H2,1-3H3,(H,9,10);5-6H,3-4,7H2,1-2H3;5-6,8H,3-4H2,1-2H3;6H,3-5H2,1-2H3/t7-,8?;7-,8+;7-;;;;/m010..../s1. The molecular weight excluding hydrogens is 858 g/mol. The summed E-state index contributed by atoms with van der Waals surface area (Å²) in [6.07, 6.45) is 1.62. The minimum Gasteiger partial charge on any atom is -0.390 e. The Hall–Kier alpha value is -1.35. The van der Waals surface area contributed by atoms with Gasteiger partial charge in [0.1, 0.15) is 0 Å². The molecule has 17 nitrogen and oxygen atoms in total. The van der Waals surface area contributed by atoms with Crippen molar-refractivity contribution in [2.75, 3.05) is 98.3 Å². The zero-order valence-corrected chi connectivity index (χ0v) is 45.1. The molecular formula is C48H100N11O6P. The summed E-state index contributed by atoms with van der Waals surface area (Å²) in [5.74, 6) is -0.366. The molecule has 7 fully saturated rings. The monoisotopic (exact) mass is 958 g/mol. The summed E-state index contributed by atoms with van der Waals surface area (Å²) in [5, 5.41) is 44.7. The van der Waals surface area contributed by atoms with E-state index >= 15 is 0 Å². The van der Waals surface area contributed by atoms with Gasteiger partial charge in [-0.3, -0.25) is 34.0 Å². The Balaban J connectivity index is 0.000000388. The third-order valence-electron chi connectivity index (χ3n) is 13.3. The molecule has 7 heterocycles. The third-order valence-corrected chi connectivity index (χ3v) is 14.0. The van der Waals surface area contributed by atoms with Gasteiger partial charge >= 0.3 is 7.60 Å². The van der Waals surface area contributed by atoms with Gasteiger partial charge in [-0.2, -0.15) is 10.5 Å².